The number of hydrogen-bond donors (Lipinski definition) is 1. The Balaban J connectivity index is 1.98. The molecule has 0 aliphatic carbocycles. The van der Waals surface area contributed by atoms with Crippen molar-refractivity contribution in [1.82, 2.24) is 10.3 Å². The van der Waals surface area contributed by atoms with Gasteiger partial charge in [0.1, 0.15) is 0 Å². The van der Waals surface area contributed by atoms with Crippen LogP contribution in [-0.2, 0) is 6.54 Å². The third-order valence-electron chi connectivity index (χ3n) is 2.62. The van der Waals surface area contributed by atoms with Crippen LogP contribution >= 0.6 is 22.9 Å². The molecule has 0 aliphatic rings. The largest absolute Gasteiger partial charge is 0.305 e. The summed E-state index contributed by atoms with van der Waals surface area (Å²) in [6.07, 6.45) is 1.92. The predicted molar refractivity (Wildman–Crippen MR) is 73.6 cm³/mol. The van der Waals surface area contributed by atoms with E-state index < -0.39 is 0 Å². The Hall–Kier alpha value is -0.900. The minimum absolute atomic E-state index is 0.242. The van der Waals surface area contributed by atoms with Crippen molar-refractivity contribution < 1.29 is 0 Å². The van der Waals surface area contributed by atoms with Crippen LogP contribution in [0.5, 0.6) is 0 Å². The molecule has 2 aromatic rings. The van der Waals surface area contributed by atoms with Gasteiger partial charge in [0.2, 0.25) is 0 Å². The number of halogens is 1. The number of aryl methyl sites for hydroxylation is 1. The third-order valence-corrected chi connectivity index (χ3v) is 3.88. The zero-order chi connectivity index (χ0) is 12.3. The number of nitrogens with zero attached hydrogens (tertiary/aromatic N) is 1. The van der Waals surface area contributed by atoms with Crippen molar-refractivity contribution in [3.05, 3.63) is 50.9 Å². The fourth-order valence-corrected chi connectivity index (χ4v) is 2.72. The fourth-order valence-electron chi connectivity index (χ4n) is 1.68. The first-order chi connectivity index (χ1) is 8.16. The summed E-state index contributed by atoms with van der Waals surface area (Å²) in [4.78, 5) is 5.49. The summed E-state index contributed by atoms with van der Waals surface area (Å²) in [6.45, 7) is 4.97. The van der Waals surface area contributed by atoms with Gasteiger partial charge in [-0.2, -0.15) is 0 Å². The zero-order valence-electron chi connectivity index (χ0n) is 9.90. The molecule has 4 heteroatoms. The van der Waals surface area contributed by atoms with E-state index in [4.69, 9.17) is 11.6 Å². The topological polar surface area (TPSA) is 24.9 Å². The molecule has 0 amide bonds. The summed E-state index contributed by atoms with van der Waals surface area (Å²) in [6, 6.07) is 8.18. The molecule has 90 valence electrons. The molecule has 1 N–H and O–H groups in total. The second kappa shape index (κ2) is 5.63. The lowest BCUT2D eigenvalue weighted by Crippen LogP contribution is -2.17. The van der Waals surface area contributed by atoms with Gasteiger partial charge in [0.25, 0.3) is 0 Å². The molecule has 0 radical (unpaired) electrons. The average Bonchev–Trinajstić information content (AvgIpc) is 2.73. The van der Waals surface area contributed by atoms with Crippen molar-refractivity contribution in [3.8, 4) is 0 Å². The van der Waals surface area contributed by atoms with Gasteiger partial charge in [0.05, 0.1) is 5.01 Å². The number of hydrogen-bond acceptors (Lipinski definition) is 3. The Morgan fingerprint density at radius 2 is 2.18 bits per heavy atom. The fraction of sp³-hybridized carbons (Fsp3) is 0.308. The number of benzene rings is 1. The maximum atomic E-state index is 6.16. The maximum Gasteiger partial charge on any atom is 0.0897 e. The van der Waals surface area contributed by atoms with Gasteiger partial charge in [-0.15, -0.1) is 11.3 Å². The zero-order valence-corrected chi connectivity index (χ0v) is 11.5. The molecule has 0 saturated heterocycles. The first kappa shape index (κ1) is 12.6. The molecule has 0 unspecified atom stereocenters. The van der Waals surface area contributed by atoms with E-state index in [1.807, 2.05) is 31.3 Å². The molecule has 0 spiro atoms. The van der Waals surface area contributed by atoms with Crippen molar-refractivity contribution in [1.29, 1.82) is 0 Å². The van der Waals surface area contributed by atoms with Gasteiger partial charge in [0.15, 0.2) is 0 Å². The summed E-state index contributed by atoms with van der Waals surface area (Å²) < 4.78 is 0. The lowest BCUT2D eigenvalue weighted by molar-refractivity contribution is 0.578. The van der Waals surface area contributed by atoms with Crippen LogP contribution in [0.1, 0.15) is 28.4 Å². The number of nitrogens with one attached hydrogen (secondary N) is 1. The number of aromatic nitrogens is 1. The van der Waals surface area contributed by atoms with Crippen LogP contribution in [0.2, 0.25) is 5.02 Å². The van der Waals surface area contributed by atoms with Crippen LogP contribution in [0.3, 0.4) is 0 Å². The Morgan fingerprint density at radius 1 is 1.41 bits per heavy atom. The van der Waals surface area contributed by atoms with Gasteiger partial charge in [-0.3, -0.25) is 0 Å². The first-order valence-corrected chi connectivity index (χ1v) is 6.75. The highest BCUT2D eigenvalue weighted by molar-refractivity contribution is 7.11. The van der Waals surface area contributed by atoms with Gasteiger partial charge in [-0.1, -0.05) is 29.8 Å². The highest BCUT2D eigenvalue weighted by Gasteiger charge is 2.08. The van der Waals surface area contributed by atoms with Crippen molar-refractivity contribution in [2.45, 2.75) is 26.4 Å². The first-order valence-electron chi connectivity index (χ1n) is 5.56. The second-order valence-electron chi connectivity index (χ2n) is 3.97. The minimum Gasteiger partial charge on any atom is -0.305 e. The molecular formula is C13H15ClN2S. The second-order valence-corrected chi connectivity index (χ2v) is 5.70. The minimum atomic E-state index is 0.242. The van der Waals surface area contributed by atoms with Crippen LogP contribution in [0.25, 0.3) is 0 Å². The van der Waals surface area contributed by atoms with E-state index in [1.54, 1.807) is 11.3 Å². The van der Waals surface area contributed by atoms with Crippen molar-refractivity contribution in [3.63, 3.8) is 0 Å². The lowest BCUT2D eigenvalue weighted by atomic mass is 10.1. The van der Waals surface area contributed by atoms with E-state index in [2.05, 4.69) is 23.3 Å². The van der Waals surface area contributed by atoms with Gasteiger partial charge in [-0.05, 0) is 25.5 Å². The van der Waals surface area contributed by atoms with Gasteiger partial charge in [0, 0.05) is 28.7 Å². The lowest BCUT2D eigenvalue weighted by Gasteiger charge is -2.14. The summed E-state index contributed by atoms with van der Waals surface area (Å²) in [5.74, 6) is 0. The van der Waals surface area contributed by atoms with Crippen LogP contribution in [0, 0.1) is 6.92 Å². The Labute approximate surface area is 111 Å². The molecule has 1 aromatic heterocycles. The number of thiazole rings is 1. The summed E-state index contributed by atoms with van der Waals surface area (Å²) >= 11 is 7.88. The van der Waals surface area contributed by atoms with Crippen LogP contribution in [-0.4, -0.2) is 4.98 Å². The van der Waals surface area contributed by atoms with E-state index in [1.165, 1.54) is 4.88 Å². The summed E-state index contributed by atoms with van der Waals surface area (Å²) in [5.41, 5.74) is 1.13. The maximum absolute atomic E-state index is 6.16. The van der Waals surface area contributed by atoms with Crippen molar-refractivity contribution in [2.24, 2.45) is 0 Å². The SMILES string of the molecule is Cc1ncc(CN[C@H](C)c2ccccc2Cl)s1. The third kappa shape index (κ3) is 3.28. The predicted octanol–water partition coefficient (Wildman–Crippen LogP) is 3.96. The number of rotatable bonds is 4. The van der Waals surface area contributed by atoms with Crippen molar-refractivity contribution >= 4 is 22.9 Å². The Bertz CT molecular complexity index is 496. The quantitative estimate of drug-likeness (QED) is 0.906. The molecule has 0 fully saturated rings. The Kier molecular flexibility index (Phi) is 4.15. The Morgan fingerprint density at radius 3 is 2.82 bits per heavy atom. The summed E-state index contributed by atoms with van der Waals surface area (Å²) in [7, 11) is 0. The molecule has 1 atom stereocenters. The summed E-state index contributed by atoms with van der Waals surface area (Å²) in [5, 5.41) is 5.37. The molecule has 17 heavy (non-hydrogen) atoms. The molecule has 1 heterocycles. The van der Waals surface area contributed by atoms with Crippen LogP contribution < -0.4 is 5.32 Å². The van der Waals surface area contributed by atoms with Crippen molar-refractivity contribution in [2.75, 3.05) is 0 Å². The highest BCUT2D eigenvalue weighted by atomic mass is 35.5. The van der Waals surface area contributed by atoms with E-state index in [-0.39, 0.29) is 6.04 Å². The van der Waals surface area contributed by atoms with Crippen LogP contribution in [0.15, 0.2) is 30.5 Å². The van der Waals surface area contributed by atoms with E-state index >= 15 is 0 Å². The van der Waals surface area contributed by atoms with E-state index in [0.29, 0.717) is 0 Å². The van der Waals surface area contributed by atoms with Gasteiger partial charge in [-0.25, -0.2) is 4.98 Å². The van der Waals surface area contributed by atoms with E-state index in [0.717, 1.165) is 22.1 Å². The van der Waals surface area contributed by atoms with Crippen LogP contribution in [0.4, 0.5) is 0 Å². The van der Waals surface area contributed by atoms with Gasteiger partial charge < -0.3 is 5.32 Å². The monoisotopic (exact) mass is 266 g/mol. The standard InChI is InChI=1S/C13H15ClN2S/c1-9(12-5-3-4-6-13(12)14)15-7-11-8-16-10(2)17-11/h3-6,8-9,15H,7H2,1-2H3/t9-/m1/s1. The molecule has 1 aromatic carbocycles. The molecular weight excluding hydrogens is 252 g/mol. The smallest absolute Gasteiger partial charge is 0.0897 e. The van der Waals surface area contributed by atoms with E-state index in [9.17, 15) is 0 Å². The molecule has 2 nitrogen and oxygen atoms in total. The molecule has 0 bridgehead atoms. The normalized spacial score (nSPS) is 12.6. The molecule has 2 rings (SSSR count). The highest BCUT2D eigenvalue weighted by Crippen LogP contribution is 2.22. The van der Waals surface area contributed by atoms with Gasteiger partial charge >= 0.3 is 0 Å². The molecule has 0 aliphatic heterocycles. The molecule has 0 saturated carbocycles. The average molecular weight is 267 g/mol.